The lowest BCUT2D eigenvalue weighted by Crippen LogP contribution is -2.37. The first kappa shape index (κ1) is 21.3. The van der Waals surface area contributed by atoms with E-state index >= 15 is 0 Å². The minimum absolute atomic E-state index is 0.158. The molecule has 0 spiro atoms. The molecule has 3 N–H and O–H groups in total. The van der Waals surface area contributed by atoms with Gasteiger partial charge in [-0.25, -0.2) is 14.0 Å². The fourth-order valence-corrected chi connectivity index (χ4v) is 3.26. The fourth-order valence-electron chi connectivity index (χ4n) is 3.02. The Morgan fingerprint density at radius 3 is 2.90 bits per heavy atom. The van der Waals surface area contributed by atoms with Crippen LogP contribution in [-0.4, -0.2) is 48.2 Å². The summed E-state index contributed by atoms with van der Waals surface area (Å²) in [5.41, 5.74) is 0.781. The first-order valence-corrected chi connectivity index (χ1v) is 10.4. The van der Waals surface area contributed by atoms with Gasteiger partial charge in [-0.05, 0) is 56.2 Å². The molecule has 1 saturated carbocycles. The molecule has 0 radical (unpaired) electrons. The average molecular weight is 423 g/mol. The van der Waals surface area contributed by atoms with E-state index in [2.05, 4.69) is 16.0 Å². The second-order valence-corrected chi connectivity index (χ2v) is 8.04. The molecule has 1 aromatic carbocycles. The normalized spacial score (nSPS) is 17.1. The molecule has 1 atom stereocenters. The minimum atomic E-state index is -0.390. The second-order valence-electron chi connectivity index (χ2n) is 7.55. The number of hydrogen-bond acceptors (Lipinski definition) is 4. The summed E-state index contributed by atoms with van der Waals surface area (Å²) in [6.07, 6.45) is 3.79. The van der Waals surface area contributed by atoms with Crippen LogP contribution in [0.3, 0.4) is 0 Å². The molecule has 0 unspecified atom stereocenters. The number of urea groups is 2. The van der Waals surface area contributed by atoms with Crippen molar-refractivity contribution < 1.29 is 18.7 Å². The highest BCUT2D eigenvalue weighted by Crippen LogP contribution is 2.31. The van der Waals surface area contributed by atoms with Gasteiger partial charge < -0.3 is 25.6 Å². The lowest BCUT2D eigenvalue weighted by atomic mass is 10.1. The Hall–Kier alpha value is -2.42. The number of halogens is 1. The molecule has 1 aromatic rings. The van der Waals surface area contributed by atoms with E-state index in [0.29, 0.717) is 37.1 Å². The molecule has 3 rings (SSSR count). The van der Waals surface area contributed by atoms with Crippen molar-refractivity contribution in [2.75, 3.05) is 26.2 Å². The minimum Gasteiger partial charge on any atom is -0.490 e. The van der Waals surface area contributed by atoms with Crippen molar-refractivity contribution in [3.63, 3.8) is 0 Å². The average Bonchev–Trinajstić information content (AvgIpc) is 3.44. The molecule has 7 nitrogen and oxygen atoms in total. The van der Waals surface area contributed by atoms with Crippen LogP contribution in [0.1, 0.15) is 44.2 Å². The highest BCUT2D eigenvalue weighted by atomic mass is 32.1. The number of hydrogen-bond donors (Lipinski definition) is 3. The molecule has 158 valence electrons. The van der Waals surface area contributed by atoms with E-state index in [1.165, 1.54) is 6.07 Å². The van der Waals surface area contributed by atoms with Crippen LogP contribution in [0.25, 0.3) is 0 Å². The molecule has 2 fully saturated rings. The van der Waals surface area contributed by atoms with Gasteiger partial charge in [0.2, 0.25) is 0 Å². The Morgan fingerprint density at radius 1 is 1.41 bits per heavy atom. The summed E-state index contributed by atoms with van der Waals surface area (Å²) in [4.78, 5) is 25.8. The largest absolute Gasteiger partial charge is 0.490 e. The van der Waals surface area contributed by atoms with Gasteiger partial charge in [0.05, 0.1) is 19.2 Å². The summed E-state index contributed by atoms with van der Waals surface area (Å²) >= 11 is 4.97. The summed E-state index contributed by atoms with van der Waals surface area (Å²) in [5.74, 6) is 0.378. The van der Waals surface area contributed by atoms with E-state index in [1.807, 2.05) is 6.92 Å². The van der Waals surface area contributed by atoms with Crippen LogP contribution in [0, 0.1) is 11.7 Å². The van der Waals surface area contributed by atoms with Gasteiger partial charge in [0.1, 0.15) is 4.99 Å². The topological polar surface area (TPSA) is 82.7 Å². The van der Waals surface area contributed by atoms with Crippen LogP contribution < -0.4 is 20.7 Å². The van der Waals surface area contributed by atoms with Crippen molar-refractivity contribution in [3.05, 3.63) is 29.6 Å². The highest BCUT2D eigenvalue weighted by molar-refractivity contribution is 7.80. The van der Waals surface area contributed by atoms with Crippen LogP contribution in [0.4, 0.5) is 14.0 Å². The Kier molecular flexibility index (Phi) is 7.24. The number of nitrogens with one attached hydrogen (secondary N) is 3. The maximum atomic E-state index is 13.9. The molecule has 1 saturated heterocycles. The molecule has 9 heteroatoms. The monoisotopic (exact) mass is 422 g/mol. The van der Waals surface area contributed by atoms with Crippen molar-refractivity contribution in [2.45, 2.75) is 38.6 Å². The Balaban J connectivity index is 1.35. The van der Waals surface area contributed by atoms with Crippen LogP contribution in [0.5, 0.6) is 5.75 Å². The smallest absolute Gasteiger partial charge is 0.322 e. The molecule has 1 aliphatic carbocycles. The molecular weight excluding hydrogens is 395 g/mol. The van der Waals surface area contributed by atoms with Gasteiger partial charge in [-0.3, -0.25) is 0 Å². The molecular formula is C20H27FN4O3S. The first-order chi connectivity index (χ1) is 13.9. The van der Waals surface area contributed by atoms with Crippen LogP contribution in [0.2, 0.25) is 0 Å². The summed E-state index contributed by atoms with van der Waals surface area (Å²) in [6, 6.07) is 3.93. The van der Waals surface area contributed by atoms with Gasteiger partial charge in [0.15, 0.2) is 11.6 Å². The lowest BCUT2D eigenvalue weighted by molar-refractivity contribution is 0.216. The SMILES string of the molecule is C[C@@H](NC(=O)NCCCCN1CC(=S)NC1=O)c1ccc(F)c(OCC2CC2)c1. The maximum absolute atomic E-state index is 13.9. The summed E-state index contributed by atoms with van der Waals surface area (Å²) < 4.78 is 19.5. The highest BCUT2D eigenvalue weighted by Gasteiger charge is 2.23. The molecule has 1 heterocycles. The van der Waals surface area contributed by atoms with Crippen molar-refractivity contribution in [3.8, 4) is 5.75 Å². The number of carbonyl (C=O) groups is 2. The maximum Gasteiger partial charge on any atom is 0.322 e. The lowest BCUT2D eigenvalue weighted by Gasteiger charge is -2.17. The third-order valence-electron chi connectivity index (χ3n) is 4.98. The fraction of sp³-hybridized carbons (Fsp3) is 0.550. The van der Waals surface area contributed by atoms with E-state index in [4.69, 9.17) is 17.0 Å². The van der Waals surface area contributed by atoms with Crippen molar-refractivity contribution in [2.24, 2.45) is 5.92 Å². The first-order valence-electron chi connectivity index (χ1n) is 9.97. The van der Waals surface area contributed by atoms with Crippen molar-refractivity contribution >= 4 is 29.3 Å². The number of ether oxygens (including phenoxy) is 1. The van der Waals surface area contributed by atoms with Crippen molar-refractivity contribution in [1.29, 1.82) is 0 Å². The number of thiocarbonyl (C=S) groups is 1. The Morgan fingerprint density at radius 2 is 2.21 bits per heavy atom. The molecule has 2 aliphatic rings. The number of nitrogens with zero attached hydrogens (tertiary/aromatic N) is 1. The number of amides is 4. The quantitative estimate of drug-likeness (QED) is 0.400. The van der Waals surface area contributed by atoms with E-state index in [1.54, 1.807) is 17.0 Å². The van der Waals surface area contributed by atoms with Crippen LogP contribution in [0.15, 0.2) is 18.2 Å². The summed E-state index contributed by atoms with van der Waals surface area (Å²) in [6.45, 7) is 3.94. The zero-order valence-corrected chi connectivity index (χ0v) is 17.3. The zero-order chi connectivity index (χ0) is 20.8. The van der Waals surface area contributed by atoms with E-state index in [0.717, 1.165) is 31.2 Å². The molecule has 0 aromatic heterocycles. The third-order valence-corrected chi connectivity index (χ3v) is 5.21. The van der Waals surface area contributed by atoms with Crippen LogP contribution in [-0.2, 0) is 0 Å². The Labute approximate surface area is 175 Å². The summed E-state index contributed by atoms with van der Waals surface area (Å²) in [5, 5.41) is 8.24. The van der Waals surface area contributed by atoms with Gasteiger partial charge in [-0.1, -0.05) is 18.3 Å². The Bertz CT molecular complexity index is 772. The number of benzene rings is 1. The van der Waals surface area contributed by atoms with Gasteiger partial charge in [-0.15, -0.1) is 0 Å². The molecule has 0 bridgehead atoms. The predicted molar refractivity (Wildman–Crippen MR) is 112 cm³/mol. The van der Waals surface area contributed by atoms with E-state index in [-0.39, 0.29) is 23.9 Å². The van der Waals surface area contributed by atoms with Gasteiger partial charge >= 0.3 is 12.1 Å². The number of rotatable bonds is 10. The predicted octanol–water partition coefficient (Wildman–Crippen LogP) is 3.11. The van der Waals surface area contributed by atoms with Gasteiger partial charge in [0.25, 0.3) is 0 Å². The van der Waals surface area contributed by atoms with Gasteiger partial charge in [0, 0.05) is 13.1 Å². The zero-order valence-electron chi connectivity index (χ0n) is 16.5. The van der Waals surface area contributed by atoms with Crippen molar-refractivity contribution in [1.82, 2.24) is 20.9 Å². The molecule has 4 amide bonds. The van der Waals surface area contributed by atoms with Gasteiger partial charge in [-0.2, -0.15) is 0 Å². The number of unbranched alkanes of at least 4 members (excludes halogenated alkanes) is 1. The van der Waals surface area contributed by atoms with E-state index in [9.17, 15) is 14.0 Å². The molecule has 29 heavy (non-hydrogen) atoms. The molecule has 1 aliphatic heterocycles. The second kappa shape index (κ2) is 9.87. The summed E-state index contributed by atoms with van der Waals surface area (Å²) in [7, 11) is 0. The third kappa shape index (κ3) is 6.56. The number of carbonyl (C=O) groups excluding carboxylic acids is 2. The standard InChI is InChI=1S/C20H27FN4O3S/c1-13(15-6-7-16(21)17(10-15)28-12-14-4-5-14)23-19(26)22-8-2-3-9-25-11-18(29)24-20(25)27/h6-7,10,13-14H,2-5,8-9,11-12H2,1H3,(H2,22,23,26)(H,24,27,29)/t13-/m1/s1. The van der Waals surface area contributed by atoms with E-state index < -0.39 is 5.82 Å². The van der Waals surface area contributed by atoms with Crippen LogP contribution >= 0.6 is 12.2 Å².